The first-order valence-corrected chi connectivity index (χ1v) is 11.7. The predicted octanol–water partition coefficient (Wildman–Crippen LogP) is 3.48. The number of rotatable bonds is 10. The van der Waals surface area contributed by atoms with Gasteiger partial charge >= 0.3 is 0 Å². The van der Waals surface area contributed by atoms with E-state index in [1.54, 1.807) is 14.2 Å². The molecule has 0 unspecified atom stereocenters. The largest absolute Gasteiger partial charge is 0.493 e. The van der Waals surface area contributed by atoms with Crippen molar-refractivity contribution in [1.82, 2.24) is 10.6 Å². The van der Waals surface area contributed by atoms with E-state index < -0.39 is 0 Å². The summed E-state index contributed by atoms with van der Waals surface area (Å²) >= 11 is 0. The highest BCUT2D eigenvalue weighted by Crippen LogP contribution is 2.61. The summed E-state index contributed by atoms with van der Waals surface area (Å²) in [5.41, 5.74) is 1.29. The normalized spacial score (nSPS) is 28.3. The first kappa shape index (κ1) is 22.0. The predicted molar refractivity (Wildman–Crippen MR) is 119 cm³/mol. The van der Waals surface area contributed by atoms with Crippen molar-refractivity contribution in [2.75, 3.05) is 27.3 Å². The molecule has 4 fully saturated rings. The van der Waals surface area contributed by atoms with E-state index in [4.69, 9.17) is 9.47 Å². The topological polar surface area (TPSA) is 76.7 Å². The second-order valence-electron chi connectivity index (χ2n) is 9.98. The van der Waals surface area contributed by atoms with Gasteiger partial charge < -0.3 is 20.1 Å². The molecule has 0 radical (unpaired) electrons. The van der Waals surface area contributed by atoms with Gasteiger partial charge in [0.15, 0.2) is 11.5 Å². The van der Waals surface area contributed by atoms with Crippen molar-refractivity contribution in [3.05, 3.63) is 23.8 Å². The summed E-state index contributed by atoms with van der Waals surface area (Å²) in [4.78, 5) is 24.7. The minimum absolute atomic E-state index is 0.00915. The van der Waals surface area contributed by atoms with Gasteiger partial charge in [0.05, 0.1) is 14.2 Å². The number of hydrogen-bond donors (Lipinski definition) is 2. The Labute approximate surface area is 185 Å². The molecule has 5 rings (SSSR count). The van der Waals surface area contributed by atoms with E-state index in [1.165, 1.54) is 38.5 Å². The van der Waals surface area contributed by atoms with Crippen LogP contribution < -0.4 is 20.1 Å². The molecule has 4 aliphatic rings. The van der Waals surface area contributed by atoms with Crippen LogP contribution >= 0.6 is 0 Å². The quantitative estimate of drug-likeness (QED) is 0.560. The molecule has 0 spiro atoms. The van der Waals surface area contributed by atoms with Crippen LogP contribution in [0, 0.1) is 23.2 Å². The monoisotopic (exact) mass is 428 g/mol. The summed E-state index contributed by atoms with van der Waals surface area (Å²) in [6, 6.07) is 5.70. The van der Waals surface area contributed by atoms with E-state index in [9.17, 15) is 9.59 Å². The lowest BCUT2D eigenvalue weighted by molar-refractivity contribution is -0.129. The molecule has 31 heavy (non-hydrogen) atoms. The van der Waals surface area contributed by atoms with Crippen molar-refractivity contribution in [1.29, 1.82) is 0 Å². The molecule has 0 aliphatic heterocycles. The highest BCUT2D eigenvalue weighted by atomic mass is 16.5. The minimum atomic E-state index is -0.00915. The maximum Gasteiger partial charge on any atom is 0.220 e. The Morgan fingerprint density at radius 3 is 2.06 bits per heavy atom. The van der Waals surface area contributed by atoms with Gasteiger partial charge in [-0.3, -0.25) is 9.59 Å². The van der Waals surface area contributed by atoms with Crippen molar-refractivity contribution in [2.24, 2.45) is 23.2 Å². The minimum Gasteiger partial charge on any atom is -0.493 e. The standard InChI is InChI=1S/C25H36N2O4/c1-30-21-5-3-17(12-22(21)31-2)4-6-23(28)26-7-8-27-24(29)16-25-13-18-9-19(14-25)11-20(10-18)15-25/h3,5,12,18-20H,4,6-11,13-16H2,1-2H3,(H,26,28)(H,27,29). The Morgan fingerprint density at radius 2 is 1.48 bits per heavy atom. The molecule has 4 aliphatic carbocycles. The highest BCUT2D eigenvalue weighted by molar-refractivity contribution is 5.77. The van der Waals surface area contributed by atoms with Gasteiger partial charge in [0.1, 0.15) is 0 Å². The van der Waals surface area contributed by atoms with Crippen LogP contribution in [-0.2, 0) is 16.0 Å². The number of aryl methyl sites for hydroxylation is 1. The molecule has 2 N–H and O–H groups in total. The van der Waals surface area contributed by atoms with Crippen LogP contribution in [0.1, 0.15) is 56.9 Å². The highest BCUT2D eigenvalue weighted by Gasteiger charge is 2.51. The lowest BCUT2D eigenvalue weighted by Crippen LogP contribution is -2.48. The van der Waals surface area contributed by atoms with E-state index in [2.05, 4.69) is 10.6 Å². The third kappa shape index (κ3) is 5.34. The Hall–Kier alpha value is -2.24. The summed E-state index contributed by atoms with van der Waals surface area (Å²) in [6.45, 7) is 0.963. The number of carbonyl (C=O) groups excluding carboxylic acids is 2. The molecular formula is C25H36N2O4. The smallest absolute Gasteiger partial charge is 0.220 e. The Morgan fingerprint density at radius 1 is 0.903 bits per heavy atom. The Kier molecular flexibility index (Phi) is 6.73. The van der Waals surface area contributed by atoms with E-state index in [-0.39, 0.29) is 17.2 Å². The Bertz CT molecular complexity index is 771. The van der Waals surface area contributed by atoms with Crippen molar-refractivity contribution in [3.8, 4) is 11.5 Å². The molecule has 0 atom stereocenters. The number of carbonyl (C=O) groups is 2. The molecule has 0 saturated heterocycles. The lowest BCUT2D eigenvalue weighted by Gasteiger charge is -2.56. The van der Waals surface area contributed by atoms with Crippen molar-refractivity contribution in [2.45, 2.75) is 57.8 Å². The maximum absolute atomic E-state index is 12.5. The summed E-state index contributed by atoms with van der Waals surface area (Å²) in [5.74, 6) is 4.09. The number of ether oxygens (including phenoxy) is 2. The molecule has 170 valence electrons. The van der Waals surface area contributed by atoms with Gasteiger partial charge in [-0.2, -0.15) is 0 Å². The first-order chi connectivity index (χ1) is 15.0. The summed E-state index contributed by atoms with van der Waals surface area (Å²) in [7, 11) is 3.21. The van der Waals surface area contributed by atoms with Crippen molar-refractivity contribution < 1.29 is 19.1 Å². The molecule has 1 aromatic rings. The van der Waals surface area contributed by atoms with Gasteiger partial charge in [-0.25, -0.2) is 0 Å². The average Bonchev–Trinajstić information content (AvgIpc) is 2.73. The number of nitrogens with one attached hydrogen (secondary N) is 2. The zero-order valence-electron chi connectivity index (χ0n) is 18.9. The Balaban J connectivity index is 1.13. The van der Waals surface area contributed by atoms with Gasteiger partial charge in [0.25, 0.3) is 0 Å². The van der Waals surface area contributed by atoms with Crippen LogP contribution in [0.15, 0.2) is 18.2 Å². The van der Waals surface area contributed by atoms with Crippen LogP contribution in [0.3, 0.4) is 0 Å². The zero-order valence-corrected chi connectivity index (χ0v) is 18.9. The number of hydrogen-bond acceptors (Lipinski definition) is 4. The van der Waals surface area contributed by atoms with Crippen molar-refractivity contribution in [3.63, 3.8) is 0 Å². The second-order valence-corrected chi connectivity index (χ2v) is 9.98. The van der Waals surface area contributed by atoms with Gasteiger partial charge in [-0.15, -0.1) is 0 Å². The maximum atomic E-state index is 12.5. The molecule has 0 heterocycles. The number of methoxy groups -OCH3 is 2. The van der Waals surface area contributed by atoms with Gasteiger partial charge in [-0.05, 0) is 85.8 Å². The average molecular weight is 429 g/mol. The van der Waals surface area contributed by atoms with Crippen LogP contribution in [0.5, 0.6) is 11.5 Å². The van der Waals surface area contributed by atoms with Crippen molar-refractivity contribution >= 4 is 11.8 Å². The first-order valence-electron chi connectivity index (χ1n) is 11.7. The number of benzene rings is 1. The van der Waals surface area contributed by atoms with E-state index >= 15 is 0 Å². The molecule has 6 nitrogen and oxygen atoms in total. The number of amides is 2. The van der Waals surface area contributed by atoms with E-state index in [1.807, 2.05) is 18.2 Å². The molecule has 0 aromatic heterocycles. The van der Waals surface area contributed by atoms with E-state index in [0.717, 1.165) is 23.3 Å². The zero-order chi connectivity index (χ0) is 21.8. The van der Waals surface area contributed by atoms with Gasteiger partial charge in [0, 0.05) is 25.9 Å². The third-order valence-corrected chi connectivity index (χ3v) is 7.56. The SMILES string of the molecule is COc1ccc(CCC(=O)NCCNC(=O)CC23CC4CC(CC(C4)C2)C3)cc1OC. The van der Waals surface area contributed by atoms with Crippen LogP contribution in [0.2, 0.25) is 0 Å². The van der Waals surface area contributed by atoms with Crippen LogP contribution in [0.4, 0.5) is 0 Å². The van der Waals surface area contributed by atoms with Gasteiger partial charge in [-0.1, -0.05) is 6.07 Å². The fourth-order valence-electron chi connectivity index (χ4n) is 6.70. The second kappa shape index (κ2) is 9.49. The summed E-state index contributed by atoms with van der Waals surface area (Å²) in [6.07, 6.45) is 9.64. The van der Waals surface area contributed by atoms with Crippen LogP contribution in [0.25, 0.3) is 0 Å². The van der Waals surface area contributed by atoms with Crippen LogP contribution in [-0.4, -0.2) is 39.1 Å². The fourth-order valence-corrected chi connectivity index (χ4v) is 6.70. The summed E-state index contributed by atoms with van der Waals surface area (Å²) < 4.78 is 10.5. The molecule has 1 aromatic carbocycles. The molecule has 2 amide bonds. The fraction of sp³-hybridized carbons (Fsp3) is 0.680. The molecule has 4 saturated carbocycles. The molecular weight excluding hydrogens is 392 g/mol. The lowest BCUT2D eigenvalue weighted by atomic mass is 9.49. The summed E-state index contributed by atoms with van der Waals surface area (Å²) in [5, 5.41) is 5.94. The third-order valence-electron chi connectivity index (χ3n) is 7.56. The molecule has 6 heteroatoms. The van der Waals surface area contributed by atoms with Gasteiger partial charge in [0.2, 0.25) is 11.8 Å². The molecule has 4 bridgehead atoms. The van der Waals surface area contributed by atoms with E-state index in [0.29, 0.717) is 43.9 Å².